The quantitative estimate of drug-likeness (QED) is 0.695. The maximum absolute atomic E-state index is 13.2. The average Bonchev–Trinajstić information content (AvgIpc) is 3.14. The Balaban J connectivity index is 1.34. The van der Waals surface area contributed by atoms with Gasteiger partial charge in [0.15, 0.2) is 0 Å². The lowest BCUT2D eigenvalue weighted by Crippen LogP contribution is -2.37. The molecule has 1 saturated carbocycles. The van der Waals surface area contributed by atoms with Crippen LogP contribution in [0.2, 0.25) is 0 Å². The van der Waals surface area contributed by atoms with Crippen molar-refractivity contribution < 1.29 is 0 Å². The van der Waals surface area contributed by atoms with Crippen LogP contribution in [0.1, 0.15) is 54.7 Å². The molecule has 1 unspecified atom stereocenters. The van der Waals surface area contributed by atoms with Crippen molar-refractivity contribution in [2.45, 2.75) is 64.0 Å². The van der Waals surface area contributed by atoms with Crippen LogP contribution in [0.15, 0.2) is 35.5 Å². The van der Waals surface area contributed by atoms with Crippen LogP contribution < -0.4 is 10.9 Å². The molecule has 3 aromatic heterocycles. The molecule has 0 amide bonds. The highest BCUT2D eigenvalue weighted by Crippen LogP contribution is 2.34. The molecule has 0 spiro atoms. The second kappa shape index (κ2) is 8.36. The average molecular weight is 409 g/mol. The molecule has 5 nitrogen and oxygen atoms in total. The fourth-order valence-electron chi connectivity index (χ4n) is 4.88. The van der Waals surface area contributed by atoms with Crippen molar-refractivity contribution in [1.82, 2.24) is 19.9 Å². The number of rotatable bonds is 5. The molecule has 6 heteroatoms. The zero-order valence-corrected chi connectivity index (χ0v) is 17.6. The molecule has 5 rings (SSSR count). The van der Waals surface area contributed by atoms with Gasteiger partial charge in [0, 0.05) is 17.1 Å². The number of thiophene rings is 1. The Morgan fingerprint density at radius 1 is 1.14 bits per heavy atom. The Hall–Kier alpha value is -2.05. The Morgan fingerprint density at radius 2 is 2.03 bits per heavy atom. The Labute approximate surface area is 175 Å². The van der Waals surface area contributed by atoms with E-state index in [0.717, 1.165) is 47.6 Å². The first kappa shape index (κ1) is 18.9. The number of aromatic nitrogens is 3. The van der Waals surface area contributed by atoms with Gasteiger partial charge >= 0.3 is 0 Å². The van der Waals surface area contributed by atoms with Crippen molar-refractivity contribution in [3.63, 3.8) is 0 Å². The van der Waals surface area contributed by atoms with E-state index in [2.05, 4.69) is 15.3 Å². The Kier molecular flexibility index (Phi) is 5.46. The SMILES string of the molecule is O=c1c2c3c(sc2ncn1Cc1ccccn1)CC(NCC1CCCCC1)CC3. The lowest BCUT2D eigenvalue weighted by molar-refractivity contribution is 0.319. The van der Waals surface area contributed by atoms with Crippen LogP contribution in [0.5, 0.6) is 0 Å². The molecule has 0 saturated heterocycles. The van der Waals surface area contributed by atoms with E-state index in [9.17, 15) is 4.79 Å². The van der Waals surface area contributed by atoms with E-state index in [1.165, 1.54) is 42.5 Å². The van der Waals surface area contributed by atoms with Crippen LogP contribution >= 0.6 is 11.3 Å². The van der Waals surface area contributed by atoms with Crippen molar-refractivity contribution in [2.24, 2.45) is 5.92 Å². The summed E-state index contributed by atoms with van der Waals surface area (Å²) in [6.45, 7) is 1.62. The molecule has 0 aromatic carbocycles. The van der Waals surface area contributed by atoms with Gasteiger partial charge < -0.3 is 5.32 Å². The monoisotopic (exact) mass is 408 g/mol. The van der Waals surface area contributed by atoms with Crippen molar-refractivity contribution >= 4 is 21.6 Å². The molecule has 29 heavy (non-hydrogen) atoms. The third-order valence-electron chi connectivity index (χ3n) is 6.51. The van der Waals surface area contributed by atoms with Crippen molar-refractivity contribution in [3.05, 3.63) is 57.2 Å². The summed E-state index contributed by atoms with van der Waals surface area (Å²) in [5.41, 5.74) is 2.20. The van der Waals surface area contributed by atoms with Gasteiger partial charge in [-0.25, -0.2) is 4.98 Å². The van der Waals surface area contributed by atoms with Crippen LogP contribution in [-0.2, 0) is 19.4 Å². The van der Waals surface area contributed by atoms with E-state index in [-0.39, 0.29) is 5.56 Å². The molecule has 1 fully saturated rings. The van der Waals surface area contributed by atoms with Gasteiger partial charge in [0.25, 0.3) is 5.56 Å². The van der Waals surface area contributed by atoms with Gasteiger partial charge in [-0.1, -0.05) is 25.3 Å². The predicted octanol–water partition coefficient (Wildman–Crippen LogP) is 3.93. The number of aryl methyl sites for hydroxylation is 1. The molecular weight excluding hydrogens is 380 g/mol. The number of hydrogen-bond donors (Lipinski definition) is 1. The summed E-state index contributed by atoms with van der Waals surface area (Å²) in [5, 5.41) is 4.67. The fourth-order valence-corrected chi connectivity index (χ4v) is 6.14. The maximum Gasteiger partial charge on any atom is 0.262 e. The molecule has 0 bridgehead atoms. The van der Waals surface area contributed by atoms with Gasteiger partial charge in [-0.15, -0.1) is 11.3 Å². The van der Waals surface area contributed by atoms with Gasteiger partial charge in [-0.2, -0.15) is 0 Å². The minimum atomic E-state index is 0.0757. The van der Waals surface area contributed by atoms with Gasteiger partial charge in [-0.3, -0.25) is 14.3 Å². The topological polar surface area (TPSA) is 59.8 Å². The second-order valence-corrected chi connectivity index (χ2v) is 9.62. The third-order valence-corrected chi connectivity index (χ3v) is 7.68. The lowest BCUT2D eigenvalue weighted by Gasteiger charge is -2.27. The first-order chi connectivity index (χ1) is 14.3. The molecule has 1 N–H and O–H groups in total. The molecule has 1 atom stereocenters. The first-order valence-electron chi connectivity index (χ1n) is 10.9. The van der Waals surface area contributed by atoms with E-state index < -0.39 is 0 Å². The van der Waals surface area contributed by atoms with Crippen LogP contribution in [0.25, 0.3) is 10.2 Å². The van der Waals surface area contributed by atoms with Gasteiger partial charge in [0.1, 0.15) is 4.83 Å². The molecule has 2 aliphatic rings. The van der Waals surface area contributed by atoms with Crippen molar-refractivity contribution in [2.75, 3.05) is 6.54 Å². The summed E-state index contributed by atoms with van der Waals surface area (Å²) in [4.78, 5) is 24.4. The maximum atomic E-state index is 13.2. The van der Waals surface area contributed by atoms with Crippen LogP contribution in [0.4, 0.5) is 0 Å². The summed E-state index contributed by atoms with van der Waals surface area (Å²) in [6, 6.07) is 6.32. The standard InChI is InChI=1S/C23H28N4OS/c28-23-21-19-10-9-17(25-13-16-6-2-1-3-7-16)12-20(19)29-22(21)26-15-27(23)14-18-8-4-5-11-24-18/h4-5,8,11,15-17,25H,1-3,6-7,9-10,12-14H2. The highest BCUT2D eigenvalue weighted by atomic mass is 32.1. The van der Waals surface area contributed by atoms with E-state index in [0.29, 0.717) is 12.6 Å². The second-order valence-electron chi connectivity index (χ2n) is 8.53. The molecule has 3 heterocycles. The predicted molar refractivity (Wildman–Crippen MR) is 118 cm³/mol. The number of nitrogens with one attached hydrogen (secondary N) is 1. The smallest absolute Gasteiger partial charge is 0.262 e. The highest BCUT2D eigenvalue weighted by Gasteiger charge is 2.26. The number of hydrogen-bond acceptors (Lipinski definition) is 5. The van der Waals surface area contributed by atoms with Gasteiger partial charge in [0.2, 0.25) is 0 Å². The minimum absolute atomic E-state index is 0.0757. The van der Waals surface area contributed by atoms with Crippen molar-refractivity contribution in [3.8, 4) is 0 Å². The molecule has 2 aliphatic carbocycles. The summed E-state index contributed by atoms with van der Waals surface area (Å²) in [5.74, 6) is 0.855. The van der Waals surface area contributed by atoms with E-state index in [1.807, 2.05) is 18.2 Å². The van der Waals surface area contributed by atoms with E-state index >= 15 is 0 Å². The largest absolute Gasteiger partial charge is 0.313 e. The molecule has 152 valence electrons. The highest BCUT2D eigenvalue weighted by molar-refractivity contribution is 7.18. The van der Waals surface area contributed by atoms with Gasteiger partial charge in [-0.05, 0) is 62.3 Å². The van der Waals surface area contributed by atoms with Crippen LogP contribution in [0, 0.1) is 5.92 Å². The molecule has 0 radical (unpaired) electrons. The summed E-state index contributed by atoms with van der Waals surface area (Å²) in [7, 11) is 0. The molecular formula is C23H28N4OS. The third kappa shape index (κ3) is 4.01. The Morgan fingerprint density at radius 3 is 2.86 bits per heavy atom. The minimum Gasteiger partial charge on any atom is -0.313 e. The summed E-state index contributed by atoms with van der Waals surface area (Å²) in [6.07, 6.45) is 13.5. The number of fused-ring (bicyclic) bond motifs is 3. The number of pyridine rings is 1. The summed E-state index contributed by atoms with van der Waals surface area (Å²) >= 11 is 1.71. The zero-order chi connectivity index (χ0) is 19.6. The van der Waals surface area contributed by atoms with Crippen molar-refractivity contribution in [1.29, 1.82) is 0 Å². The van der Waals surface area contributed by atoms with E-state index in [4.69, 9.17) is 0 Å². The zero-order valence-electron chi connectivity index (χ0n) is 16.8. The fraction of sp³-hybridized carbons (Fsp3) is 0.522. The summed E-state index contributed by atoms with van der Waals surface area (Å²) < 4.78 is 1.70. The van der Waals surface area contributed by atoms with Crippen LogP contribution in [0.3, 0.4) is 0 Å². The lowest BCUT2D eigenvalue weighted by atomic mass is 9.88. The number of nitrogens with zero attached hydrogens (tertiary/aromatic N) is 3. The van der Waals surface area contributed by atoms with Crippen LogP contribution in [-0.4, -0.2) is 27.1 Å². The Bertz CT molecular complexity index is 1040. The first-order valence-corrected chi connectivity index (χ1v) is 11.7. The molecule has 0 aliphatic heterocycles. The normalized spacial score (nSPS) is 20.1. The molecule has 3 aromatic rings. The van der Waals surface area contributed by atoms with E-state index in [1.54, 1.807) is 28.4 Å². The van der Waals surface area contributed by atoms with Gasteiger partial charge in [0.05, 0.1) is 24.0 Å².